The molecule has 9 heteroatoms. The summed E-state index contributed by atoms with van der Waals surface area (Å²) >= 11 is 1.48. The second kappa shape index (κ2) is 10.0. The van der Waals surface area contributed by atoms with E-state index < -0.39 is 5.82 Å². The first-order valence-electron chi connectivity index (χ1n) is 10.1. The standard InChI is InChI=1S/C22H22F2N4O2S/c23-16-9-7-15(8-10-16)21(29)25-12-11-20-26-27-22(31-14-17-4-3-13-30-17)28(20)19-6-2-1-5-18(19)24/h1-2,5-10,17H,3-4,11-14H2,(H,25,29)/t17-/m0/s1. The number of amides is 1. The van der Waals surface area contributed by atoms with Crippen LogP contribution in [0, 0.1) is 11.6 Å². The highest BCUT2D eigenvalue weighted by molar-refractivity contribution is 7.99. The number of benzene rings is 2. The van der Waals surface area contributed by atoms with Crippen molar-refractivity contribution in [3.63, 3.8) is 0 Å². The van der Waals surface area contributed by atoms with Crippen molar-refractivity contribution in [2.24, 2.45) is 0 Å². The molecule has 0 radical (unpaired) electrons. The van der Waals surface area contributed by atoms with Gasteiger partial charge in [-0.2, -0.15) is 0 Å². The molecule has 0 bridgehead atoms. The van der Waals surface area contributed by atoms with E-state index in [1.54, 1.807) is 22.8 Å². The Morgan fingerprint density at radius 2 is 1.97 bits per heavy atom. The van der Waals surface area contributed by atoms with Gasteiger partial charge >= 0.3 is 0 Å². The summed E-state index contributed by atoms with van der Waals surface area (Å²) in [5.41, 5.74) is 0.729. The third-order valence-electron chi connectivity index (χ3n) is 4.96. The third-order valence-corrected chi connectivity index (χ3v) is 6.02. The molecule has 1 N–H and O–H groups in total. The number of nitrogens with zero attached hydrogens (tertiary/aromatic N) is 3. The molecule has 2 heterocycles. The van der Waals surface area contributed by atoms with E-state index in [2.05, 4.69) is 15.5 Å². The van der Waals surface area contributed by atoms with E-state index in [1.165, 1.54) is 42.1 Å². The Kier molecular flexibility index (Phi) is 6.93. The fourth-order valence-corrected chi connectivity index (χ4v) is 4.39. The van der Waals surface area contributed by atoms with Crippen LogP contribution in [0.4, 0.5) is 8.78 Å². The van der Waals surface area contributed by atoms with Gasteiger partial charge in [0.1, 0.15) is 17.5 Å². The second-order valence-corrected chi connectivity index (χ2v) is 8.13. The van der Waals surface area contributed by atoms with Crippen molar-refractivity contribution in [3.05, 3.63) is 71.6 Å². The fourth-order valence-electron chi connectivity index (χ4n) is 3.37. The number of hydrogen-bond acceptors (Lipinski definition) is 5. The fraction of sp³-hybridized carbons (Fsp3) is 0.318. The van der Waals surface area contributed by atoms with E-state index in [4.69, 9.17) is 4.74 Å². The molecule has 1 amide bonds. The minimum Gasteiger partial charge on any atom is -0.377 e. The average molecular weight is 445 g/mol. The quantitative estimate of drug-likeness (QED) is 0.536. The van der Waals surface area contributed by atoms with Crippen molar-refractivity contribution >= 4 is 17.7 Å². The number of hydrogen-bond donors (Lipinski definition) is 1. The van der Waals surface area contributed by atoms with Crippen molar-refractivity contribution in [1.82, 2.24) is 20.1 Å². The molecule has 1 aliphatic heterocycles. The number of aromatic nitrogens is 3. The molecule has 31 heavy (non-hydrogen) atoms. The maximum absolute atomic E-state index is 14.5. The molecule has 1 aliphatic rings. The predicted molar refractivity (Wildman–Crippen MR) is 113 cm³/mol. The van der Waals surface area contributed by atoms with Gasteiger partial charge in [-0.1, -0.05) is 23.9 Å². The van der Waals surface area contributed by atoms with Crippen LogP contribution in [0.25, 0.3) is 5.69 Å². The molecule has 3 aromatic rings. The molecular formula is C22H22F2N4O2S. The summed E-state index contributed by atoms with van der Waals surface area (Å²) in [6, 6.07) is 11.8. The minimum absolute atomic E-state index is 0.161. The molecule has 0 saturated carbocycles. The maximum atomic E-state index is 14.5. The molecule has 1 fully saturated rings. The van der Waals surface area contributed by atoms with Gasteiger partial charge < -0.3 is 10.1 Å². The number of carbonyl (C=O) groups is 1. The molecule has 2 aromatic carbocycles. The normalized spacial score (nSPS) is 15.9. The molecule has 1 saturated heterocycles. The highest BCUT2D eigenvalue weighted by Crippen LogP contribution is 2.27. The Hall–Kier alpha value is -2.78. The Balaban J connectivity index is 1.47. The van der Waals surface area contributed by atoms with Gasteiger partial charge in [0.2, 0.25) is 0 Å². The first-order valence-corrected chi connectivity index (χ1v) is 11.1. The number of thioether (sulfide) groups is 1. The number of nitrogens with one attached hydrogen (secondary N) is 1. The Morgan fingerprint density at radius 3 is 2.71 bits per heavy atom. The molecule has 6 nitrogen and oxygen atoms in total. The van der Waals surface area contributed by atoms with E-state index in [0.717, 1.165) is 19.4 Å². The van der Waals surface area contributed by atoms with Crippen LogP contribution in [0.15, 0.2) is 53.7 Å². The average Bonchev–Trinajstić information content (AvgIpc) is 3.43. The number of carbonyl (C=O) groups excluding carboxylic acids is 1. The summed E-state index contributed by atoms with van der Waals surface area (Å²) in [7, 11) is 0. The molecule has 1 aromatic heterocycles. The number of rotatable bonds is 8. The van der Waals surface area contributed by atoms with E-state index in [9.17, 15) is 13.6 Å². The van der Waals surface area contributed by atoms with Gasteiger partial charge in [-0.3, -0.25) is 9.36 Å². The lowest BCUT2D eigenvalue weighted by molar-refractivity contribution is 0.0954. The smallest absolute Gasteiger partial charge is 0.251 e. The van der Waals surface area contributed by atoms with Gasteiger partial charge in [0.05, 0.1) is 11.8 Å². The minimum atomic E-state index is -0.400. The van der Waals surface area contributed by atoms with E-state index in [1.807, 2.05) is 0 Å². The number of ether oxygens (including phenoxy) is 1. The monoisotopic (exact) mass is 444 g/mol. The summed E-state index contributed by atoms with van der Waals surface area (Å²) in [4.78, 5) is 12.3. The lowest BCUT2D eigenvalue weighted by Gasteiger charge is -2.13. The van der Waals surface area contributed by atoms with Crippen LogP contribution in [-0.2, 0) is 11.2 Å². The zero-order chi connectivity index (χ0) is 21.6. The second-order valence-electron chi connectivity index (χ2n) is 7.14. The third kappa shape index (κ3) is 5.29. The molecule has 162 valence electrons. The zero-order valence-corrected chi connectivity index (χ0v) is 17.6. The Morgan fingerprint density at radius 1 is 1.16 bits per heavy atom. The summed E-state index contributed by atoms with van der Waals surface area (Å²) in [6.07, 6.45) is 2.57. The first kappa shape index (κ1) is 21.5. The van der Waals surface area contributed by atoms with Crippen molar-refractivity contribution in [1.29, 1.82) is 0 Å². The molecule has 0 spiro atoms. The Bertz CT molecular complexity index is 1040. The lowest BCUT2D eigenvalue weighted by atomic mass is 10.2. The number of para-hydroxylation sites is 1. The number of halogens is 2. The lowest BCUT2D eigenvalue weighted by Crippen LogP contribution is -2.26. The van der Waals surface area contributed by atoms with Crippen molar-refractivity contribution < 1.29 is 18.3 Å². The van der Waals surface area contributed by atoms with E-state index in [0.29, 0.717) is 34.4 Å². The molecule has 0 aliphatic carbocycles. The van der Waals surface area contributed by atoms with Crippen LogP contribution < -0.4 is 5.32 Å². The highest BCUT2D eigenvalue weighted by Gasteiger charge is 2.21. The van der Waals surface area contributed by atoms with Gasteiger partial charge in [0.15, 0.2) is 5.16 Å². The van der Waals surface area contributed by atoms with Gasteiger partial charge in [-0.15, -0.1) is 10.2 Å². The van der Waals surface area contributed by atoms with Gasteiger partial charge in [-0.25, -0.2) is 8.78 Å². The summed E-state index contributed by atoms with van der Waals surface area (Å²) in [5.74, 6) is 0.165. The van der Waals surface area contributed by atoms with Crippen LogP contribution in [0.1, 0.15) is 29.0 Å². The molecule has 1 atom stereocenters. The van der Waals surface area contributed by atoms with Crippen LogP contribution in [0.3, 0.4) is 0 Å². The summed E-state index contributed by atoms with van der Waals surface area (Å²) in [6.45, 7) is 1.05. The molecular weight excluding hydrogens is 422 g/mol. The van der Waals surface area contributed by atoms with Gasteiger partial charge in [0, 0.05) is 30.9 Å². The van der Waals surface area contributed by atoms with Crippen molar-refractivity contribution in [3.8, 4) is 5.69 Å². The SMILES string of the molecule is O=C(NCCc1nnc(SC[C@@H]2CCCO2)n1-c1ccccc1F)c1ccc(F)cc1. The first-order chi connectivity index (χ1) is 15.1. The largest absolute Gasteiger partial charge is 0.377 e. The Labute approximate surface area is 183 Å². The van der Waals surface area contributed by atoms with E-state index in [-0.39, 0.29) is 24.4 Å². The van der Waals surface area contributed by atoms with Crippen LogP contribution in [0.2, 0.25) is 0 Å². The van der Waals surface area contributed by atoms with Crippen LogP contribution >= 0.6 is 11.8 Å². The topological polar surface area (TPSA) is 69.0 Å². The summed E-state index contributed by atoms with van der Waals surface area (Å²) in [5, 5.41) is 11.9. The van der Waals surface area contributed by atoms with Crippen molar-refractivity contribution in [2.45, 2.75) is 30.5 Å². The van der Waals surface area contributed by atoms with Gasteiger partial charge in [-0.05, 0) is 49.2 Å². The predicted octanol–water partition coefficient (Wildman–Crippen LogP) is 3.79. The van der Waals surface area contributed by atoms with E-state index >= 15 is 0 Å². The van der Waals surface area contributed by atoms with Gasteiger partial charge in [0.25, 0.3) is 5.91 Å². The zero-order valence-electron chi connectivity index (χ0n) is 16.8. The summed E-state index contributed by atoms with van der Waals surface area (Å²) < 4.78 is 34.9. The van der Waals surface area contributed by atoms with Crippen molar-refractivity contribution in [2.75, 3.05) is 18.9 Å². The highest BCUT2D eigenvalue weighted by atomic mass is 32.2. The maximum Gasteiger partial charge on any atom is 0.251 e. The van der Waals surface area contributed by atoms with Crippen LogP contribution in [-0.4, -0.2) is 45.7 Å². The molecule has 0 unspecified atom stereocenters. The molecule has 4 rings (SSSR count). The van der Waals surface area contributed by atoms with Crippen LogP contribution in [0.5, 0.6) is 0 Å².